The maximum Gasteiger partial charge on any atom is 0.187 e. The second kappa shape index (κ2) is 9.12. The molecule has 3 aromatic rings. The van der Waals surface area contributed by atoms with Gasteiger partial charge in [-0.3, -0.25) is 0 Å². The molecule has 2 aromatic carbocycles. The highest BCUT2D eigenvalue weighted by molar-refractivity contribution is 7.16. The van der Waals surface area contributed by atoms with Gasteiger partial charge in [0, 0.05) is 10.4 Å². The number of hydrogen-bond donors (Lipinski definition) is 0. The van der Waals surface area contributed by atoms with Gasteiger partial charge in [0.1, 0.15) is 5.75 Å². The minimum atomic E-state index is 0.222. The van der Waals surface area contributed by atoms with Crippen molar-refractivity contribution in [2.45, 2.75) is 32.2 Å². The zero-order valence-corrected chi connectivity index (χ0v) is 18.8. The highest BCUT2D eigenvalue weighted by atomic mass is 35.5. The number of methoxy groups -OCH3 is 1. The van der Waals surface area contributed by atoms with Gasteiger partial charge in [0.2, 0.25) is 0 Å². The lowest BCUT2D eigenvalue weighted by molar-refractivity contribution is 0.415. The summed E-state index contributed by atoms with van der Waals surface area (Å²) in [5, 5.41) is 1.58. The first-order chi connectivity index (χ1) is 14.6. The van der Waals surface area contributed by atoms with Crippen LogP contribution >= 0.6 is 22.9 Å². The average molecular weight is 437 g/mol. The van der Waals surface area contributed by atoms with Crippen LogP contribution in [0.15, 0.2) is 48.5 Å². The molecular weight excluding hydrogens is 412 g/mol. The first-order valence-corrected chi connectivity index (χ1v) is 11.4. The molecule has 3 nitrogen and oxygen atoms in total. The van der Waals surface area contributed by atoms with Gasteiger partial charge < -0.3 is 9.64 Å². The quantitative estimate of drug-likeness (QED) is 0.364. The van der Waals surface area contributed by atoms with Crippen LogP contribution in [-0.4, -0.2) is 18.6 Å². The van der Waals surface area contributed by atoms with Crippen molar-refractivity contribution < 1.29 is 4.74 Å². The minimum Gasteiger partial charge on any atom is -0.497 e. The van der Waals surface area contributed by atoms with Crippen molar-refractivity contribution in [2.75, 3.05) is 18.6 Å². The Morgan fingerprint density at radius 1 is 1.27 bits per heavy atom. The summed E-state index contributed by atoms with van der Waals surface area (Å²) in [5.74, 6) is 4.36. The van der Waals surface area contributed by atoms with E-state index in [0.29, 0.717) is 11.6 Å². The number of nitrogens with zero attached hydrogens (tertiary/aromatic N) is 2. The third-order valence-electron chi connectivity index (χ3n) is 5.54. The highest BCUT2D eigenvalue weighted by Crippen LogP contribution is 2.44. The Hall–Kier alpha value is -2.48. The average Bonchev–Trinajstić information content (AvgIpc) is 3.51. The third kappa shape index (κ3) is 4.48. The molecule has 1 aromatic heterocycles. The molecule has 0 spiro atoms. The number of benzene rings is 2. The number of terminal acetylenes is 1. The lowest BCUT2D eigenvalue weighted by Gasteiger charge is -2.30. The number of aryl methyl sites for hydroxylation is 1. The van der Waals surface area contributed by atoms with E-state index >= 15 is 0 Å². The summed E-state index contributed by atoms with van der Waals surface area (Å²) in [6.45, 7) is 2.61. The van der Waals surface area contributed by atoms with E-state index in [1.807, 2.05) is 18.2 Å². The molecule has 1 atom stereocenters. The summed E-state index contributed by atoms with van der Waals surface area (Å²) in [4.78, 5) is 8.42. The van der Waals surface area contributed by atoms with E-state index in [9.17, 15) is 0 Å². The molecule has 30 heavy (non-hydrogen) atoms. The number of thiazole rings is 1. The van der Waals surface area contributed by atoms with Crippen LogP contribution in [0.3, 0.4) is 0 Å². The Labute approximate surface area is 187 Å². The first kappa shape index (κ1) is 20.8. The second-order valence-corrected chi connectivity index (χ2v) is 9.27. The molecule has 1 fully saturated rings. The molecule has 0 saturated heterocycles. The summed E-state index contributed by atoms with van der Waals surface area (Å²) >= 11 is 8.21. The Balaban J connectivity index is 1.72. The monoisotopic (exact) mass is 436 g/mol. The maximum absolute atomic E-state index is 6.54. The molecule has 0 bridgehead atoms. The zero-order chi connectivity index (χ0) is 21.1. The Bertz CT molecular complexity index is 1050. The van der Waals surface area contributed by atoms with Crippen molar-refractivity contribution in [3.63, 3.8) is 0 Å². The molecule has 1 heterocycles. The van der Waals surface area contributed by atoms with Gasteiger partial charge in [-0.2, -0.15) is 0 Å². The van der Waals surface area contributed by atoms with Gasteiger partial charge in [0.15, 0.2) is 5.13 Å². The molecule has 1 unspecified atom stereocenters. The van der Waals surface area contributed by atoms with Crippen molar-refractivity contribution in [2.24, 2.45) is 5.92 Å². The van der Waals surface area contributed by atoms with Crippen LogP contribution in [0.25, 0.3) is 11.3 Å². The molecule has 4 rings (SSSR count). The molecule has 1 aliphatic rings. The molecule has 0 radical (unpaired) electrons. The van der Waals surface area contributed by atoms with Crippen LogP contribution in [0.4, 0.5) is 5.13 Å². The number of hydrogen-bond acceptors (Lipinski definition) is 4. The Morgan fingerprint density at radius 3 is 2.67 bits per heavy atom. The van der Waals surface area contributed by atoms with Crippen LogP contribution in [0, 0.1) is 25.2 Å². The van der Waals surface area contributed by atoms with Gasteiger partial charge in [0.25, 0.3) is 0 Å². The first-order valence-electron chi connectivity index (χ1n) is 10.2. The molecule has 0 aliphatic heterocycles. The smallest absolute Gasteiger partial charge is 0.187 e. The van der Waals surface area contributed by atoms with Crippen molar-refractivity contribution in [3.8, 4) is 29.4 Å². The predicted molar refractivity (Wildman–Crippen MR) is 127 cm³/mol. The van der Waals surface area contributed by atoms with Crippen LogP contribution in [0.5, 0.6) is 5.75 Å². The van der Waals surface area contributed by atoms with E-state index in [1.54, 1.807) is 18.4 Å². The summed E-state index contributed by atoms with van der Waals surface area (Å²) < 4.78 is 5.28. The van der Waals surface area contributed by atoms with Crippen molar-refractivity contribution in [1.29, 1.82) is 0 Å². The van der Waals surface area contributed by atoms with Crippen LogP contribution < -0.4 is 9.64 Å². The molecule has 5 heteroatoms. The number of anilines is 1. The number of aromatic nitrogens is 1. The predicted octanol–water partition coefficient (Wildman–Crippen LogP) is 6.76. The molecular formula is C25H25ClN2OS. The normalized spacial score (nSPS) is 14.2. The number of halogens is 1. The third-order valence-corrected chi connectivity index (χ3v) is 6.86. The van der Waals surface area contributed by atoms with Crippen LogP contribution in [0.1, 0.15) is 35.7 Å². The second-order valence-electron chi connectivity index (χ2n) is 7.68. The fourth-order valence-electron chi connectivity index (χ4n) is 3.77. The van der Waals surface area contributed by atoms with Gasteiger partial charge in [-0.05, 0) is 43.0 Å². The van der Waals surface area contributed by atoms with Crippen molar-refractivity contribution in [1.82, 2.24) is 4.98 Å². The summed E-state index contributed by atoms with van der Waals surface area (Å²) in [5.41, 5.74) is 3.11. The van der Waals surface area contributed by atoms with Gasteiger partial charge in [-0.1, -0.05) is 60.7 Å². The maximum atomic E-state index is 6.54. The van der Waals surface area contributed by atoms with Crippen LogP contribution in [0.2, 0.25) is 5.02 Å². The van der Waals surface area contributed by atoms with Crippen molar-refractivity contribution in [3.05, 3.63) is 64.0 Å². The largest absolute Gasteiger partial charge is 0.497 e. The van der Waals surface area contributed by atoms with Gasteiger partial charge in [-0.25, -0.2) is 4.98 Å². The van der Waals surface area contributed by atoms with Gasteiger partial charge >= 0.3 is 0 Å². The fourth-order valence-corrected chi connectivity index (χ4v) is 5.00. The van der Waals surface area contributed by atoms with Crippen LogP contribution in [-0.2, 0) is 0 Å². The van der Waals surface area contributed by atoms with Gasteiger partial charge in [-0.15, -0.1) is 17.8 Å². The van der Waals surface area contributed by atoms with E-state index < -0.39 is 0 Å². The summed E-state index contributed by atoms with van der Waals surface area (Å²) in [6, 6.07) is 16.6. The number of ether oxygens (including phenoxy) is 1. The van der Waals surface area contributed by atoms with E-state index in [-0.39, 0.29) is 6.04 Å². The van der Waals surface area contributed by atoms with Gasteiger partial charge in [0.05, 0.1) is 30.4 Å². The standard InChI is InChI=1S/C25H25ClN2OS/c1-4-14-28(23(15-18-10-11-18)19-8-6-5-7-9-19)25-27-24(17(2)30-25)21-13-12-20(29-3)16-22(21)26/h1,5-9,12-13,16,18,23H,10-11,14-15H2,2-3H3. The molecule has 1 aliphatic carbocycles. The fraction of sp³-hybridized carbons (Fsp3) is 0.320. The molecule has 0 amide bonds. The highest BCUT2D eigenvalue weighted by Gasteiger charge is 2.31. The Morgan fingerprint density at radius 2 is 2.03 bits per heavy atom. The van der Waals surface area contributed by atoms with E-state index in [0.717, 1.165) is 39.4 Å². The van der Waals surface area contributed by atoms with E-state index in [2.05, 4.69) is 48.1 Å². The summed E-state index contributed by atoms with van der Waals surface area (Å²) in [6.07, 6.45) is 9.50. The van der Waals surface area contributed by atoms with E-state index in [4.69, 9.17) is 27.7 Å². The van der Waals surface area contributed by atoms with E-state index in [1.165, 1.54) is 18.4 Å². The Kier molecular flexibility index (Phi) is 6.32. The number of rotatable bonds is 8. The zero-order valence-electron chi connectivity index (χ0n) is 17.3. The topological polar surface area (TPSA) is 25.4 Å². The molecule has 0 N–H and O–H groups in total. The molecule has 154 valence electrons. The lowest BCUT2D eigenvalue weighted by atomic mass is 10.00. The minimum absolute atomic E-state index is 0.222. The lowest BCUT2D eigenvalue weighted by Crippen LogP contribution is -2.29. The summed E-state index contributed by atoms with van der Waals surface area (Å²) in [7, 11) is 1.64. The SMILES string of the molecule is C#CCN(c1nc(-c2ccc(OC)cc2Cl)c(C)s1)C(CC1CC1)c1ccccc1. The van der Waals surface area contributed by atoms with Crippen molar-refractivity contribution >= 4 is 28.1 Å². The molecule has 1 saturated carbocycles.